The molecular formula is C22H26ClN3O4S. The maximum absolute atomic E-state index is 13.0. The van der Waals surface area contributed by atoms with Crippen molar-refractivity contribution in [1.29, 1.82) is 0 Å². The summed E-state index contributed by atoms with van der Waals surface area (Å²) in [5, 5.41) is 0.677. The minimum absolute atomic E-state index is 0.0133. The number of ether oxygens (including phenoxy) is 1. The average molecular weight is 464 g/mol. The molecule has 0 unspecified atom stereocenters. The third kappa shape index (κ3) is 4.66. The fourth-order valence-electron chi connectivity index (χ4n) is 4.25. The Kier molecular flexibility index (Phi) is 6.14. The number of hydrogen-bond acceptors (Lipinski definition) is 5. The van der Waals surface area contributed by atoms with E-state index in [-0.39, 0.29) is 5.91 Å². The number of amides is 1. The Morgan fingerprint density at radius 3 is 2.48 bits per heavy atom. The van der Waals surface area contributed by atoms with Crippen LogP contribution in [0.15, 0.2) is 36.4 Å². The molecule has 4 rings (SSSR count). The Morgan fingerprint density at radius 2 is 1.81 bits per heavy atom. The summed E-state index contributed by atoms with van der Waals surface area (Å²) < 4.78 is 30.7. The van der Waals surface area contributed by atoms with Crippen molar-refractivity contribution in [3.05, 3.63) is 58.1 Å². The summed E-state index contributed by atoms with van der Waals surface area (Å²) in [6.07, 6.45) is 1.83. The molecule has 9 heteroatoms. The summed E-state index contributed by atoms with van der Waals surface area (Å²) >= 11 is 6.13. The minimum atomic E-state index is -3.29. The van der Waals surface area contributed by atoms with Crippen LogP contribution >= 0.6 is 11.6 Å². The van der Waals surface area contributed by atoms with Gasteiger partial charge in [0, 0.05) is 55.4 Å². The molecule has 0 saturated carbocycles. The fraction of sp³-hybridized carbons (Fsp3) is 0.409. The second-order valence-electron chi connectivity index (χ2n) is 7.95. The first-order valence-corrected chi connectivity index (χ1v) is 12.4. The molecular weight excluding hydrogens is 438 g/mol. The molecule has 2 aromatic rings. The zero-order chi connectivity index (χ0) is 22.2. The van der Waals surface area contributed by atoms with E-state index < -0.39 is 10.0 Å². The van der Waals surface area contributed by atoms with Crippen molar-refractivity contribution in [2.45, 2.75) is 13.0 Å². The van der Waals surface area contributed by atoms with E-state index in [2.05, 4.69) is 4.90 Å². The van der Waals surface area contributed by atoms with E-state index in [4.69, 9.17) is 16.3 Å². The molecule has 2 aliphatic heterocycles. The lowest BCUT2D eigenvalue weighted by atomic mass is 10.1. The highest BCUT2D eigenvalue weighted by atomic mass is 35.5. The van der Waals surface area contributed by atoms with Gasteiger partial charge in [-0.2, -0.15) is 0 Å². The second kappa shape index (κ2) is 8.68. The average Bonchev–Trinajstić information content (AvgIpc) is 3.18. The van der Waals surface area contributed by atoms with Crippen LogP contribution in [-0.2, 0) is 23.0 Å². The summed E-state index contributed by atoms with van der Waals surface area (Å²) in [6, 6.07) is 10.9. The lowest BCUT2D eigenvalue weighted by molar-refractivity contribution is 0.0627. The second-order valence-corrected chi connectivity index (χ2v) is 10.3. The maximum atomic E-state index is 13.0. The van der Waals surface area contributed by atoms with Gasteiger partial charge in [0.25, 0.3) is 5.91 Å². The SMILES string of the molecule is COc1ccc(Cl)cc1CN1CCN(C(=O)c2ccc3c(c2)CCN3S(C)(=O)=O)CC1. The number of carbonyl (C=O) groups is 1. The van der Waals surface area contributed by atoms with Gasteiger partial charge in [-0.05, 0) is 48.4 Å². The number of nitrogens with zero attached hydrogens (tertiary/aromatic N) is 3. The molecule has 0 aromatic heterocycles. The van der Waals surface area contributed by atoms with E-state index in [0.29, 0.717) is 48.9 Å². The number of piperazine rings is 1. The molecule has 166 valence electrons. The van der Waals surface area contributed by atoms with Crippen LogP contribution in [-0.4, -0.2) is 70.2 Å². The fourth-order valence-corrected chi connectivity index (χ4v) is 5.41. The van der Waals surface area contributed by atoms with Gasteiger partial charge in [-0.3, -0.25) is 14.0 Å². The largest absolute Gasteiger partial charge is 0.496 e. The van der Waals surface area contributed by atoms with Crippen molar-refractivity contribution in [2.24, 2.45) is 0 Å². The third-order valence-corrected chi connectivity index (χ3v) is 7.29. The molecule has 2 aliphatic rings. The zero-order valence-electron chi connectivity index (χ0n) is 17.7. The Labute approximate surface area is 188 Å². The predicted molar refractivity (Wildman–Crippen MR) is 122 cm³/mol. The predicted octanol–water partition coefficient (Wildman–Crippen LogP) is 2.63. The first-order chi connectivity index (χ1) is 14.8. The van der Waals surface area contributed by atoms with Gasteiger partial charge < -0.3 is 9.64 Å². The molecule has 0 bridgehead atoms. The zero-order valence-corrected chi connectivity index (χ0v) is 19.2. The highest BCUT2D eigenvalue weighted by Gasteiger charge is 2.28. The van der Waals surface area contributed by atoms with Crippen LogP contribution in [0.4, 0.5) is 5.69 Å². The Balaban J connectivity index is 1.40. The highest BCUT2D eigenvalue weighted by molar-refractivity contribution is 7.92. The molecule has 2 aromatic carbocycles. The molecule has 1 amide bonds. The van der Waals surface area contributed by atoms with Gasteiger partial charge in [0.1, 0.15) is 5.75 Å². The van der Waals surface area contributed by atoms with Crippen molar-refractivity contribution in [2.75, 3.05) is 50.4 Å². The number of benzene rings is 2. The van der Waals surface area contributed by atoms with Crippen LogP contribution in [0.2, 0.25) is 5.02 Å². The number of anilines is 1. The van der Waals surface area contributed by atoms with Crippen LogP contribution < -0.4 is 9.04 Å². The number of fused-ring (bicyclic) bond motifs is 1. The van der Waals surface area contributed by atoms with E-state index in [1.807, 2.05) is 29.2 Å². The van der Waals surface area contributed by atoms with Gasteiger partial charge >= 0.3 is 0 Å². The van der Waals surface area contributed by atoms with E-state index in [9.17, 15) is 13.2 Å². The topological polar surface area (TPSA) is 70.2 Å². The first kappa shape index (κ1) is 21.9. The quantitative estimate of drug-likeness (QED) is 0.681. The van der Waals surface area contributed by atoms with Crippen LogP contribution in [0.5, 0.6) is 5.75 Å². The smallest absolute Gasteiger partial charge is 0.253 e. The number of sulfonamides is 1. The number of carbonyl (C=O) groups excluding carboxylic acids is 1. The summed E-state index contributed by atoms with van der Waals surface area (Å²) in [7, 11) is -1.65. The first-order valence-electron chi connectivity index (χ1n) is 10.2. The monoisotopic (exact) mass is 463 g/mol. The molecule has 7 nitrogen and oxygen atoms in total. The number of methoxy groups -OCH3 is 1. The Hall–Kier alpha value is -2.29. The Bertz CT molecular complexity index is 1100. The lowest BCUT2D eigenvalue weighted by Gasteiger charge is -2.35. The molecule has 0 aliphatic carbocycles. The summed E-state index contributed by atoms with van der Waals surface area (Å²) in [5.41, 5.74) is 3.23. The van der Waals surface area contributed by atoms with E-state index >= 15 is 0 Å². The number of rotatable bonds is 5. The standard InChI is InChI=1S/C22H26ClN3O4S/c1-30-21-6-4-19(23)14-18(21)15-24-9-11-25(12-10-24)22(27)17-3-5-20-16(13-17)7-8-26(20)31(2,28)29/h3-6,13-14H,7-12,15H2,1-2H3. The van der Waals surface area contributed by atoms with E-state index in [1.165, 1.54) is 10.6 Å². The molecule has 31 heavy (non-hydrogen) atoms. The highest BCUT2D eigenvalue weighted by Crippen LogP contribution is 2.31. The van der Waals surface area contributed by atoms with Gasteiger partial charge in [0.15, 0.2) is 0 Å². The molecule has 1 saturated heterocycles. The van der Waals surface area contributed by atoms with Crippen molar-refractivity contribution in [3.63, 3.8) is 0 Å². The number of halogens is 1. The van der Waals surface area contributed by atoms with Crippen LogP contribution in [0.3, 0.4) is 0 Å². The van der Waals surface area contributed by atoms with Gasteiger partial charge in [0.2, 0.25) is 10.0 Å². The summed E-state index contributed by atoms with van der Waals surface area (Å²) in [5.74, 6) is 0.796. The van der Waals surface area contributed by atoms with Gasteiger partial charge in [0.05, 0.1) is 19.1 Å². The summed E-state index contributed by atoms with van der Waals surface area (Å²) in [6.45, 7) is 3.92. The van der Waals surface area contributed by atoms with Crippen molar-refractivity contribution in [1.82, 2.24) is 9.80 Å². The van der Waals surface area contributed by atoms with Gasteiger partial charge in [-0.25, -0.2) is 8.42 Å². The minimum Gasteiger partial charge on any atom is -0.496 e. The lowest BCUT2D eigenvalue weighted by Crippen LogP contribution is -2.48. The third-order valence-electron chi connectivity index (χ3n) is 5.88. The molecule has 0 spiro atoms. The molecule has 0 radical (unpaired) electrons. The molecule has 0 atom stereocenters. The van der Waals surface area contributed by atoms with Crippen LogP contribution in [0.25, 0.3) is 0 Å². The van der Waals surface area contributed by atoms with Crippen molar-refractivity contribution in [3.8, 4) is 5.75 Å². The maximum Gasteiger partial charge on any atom is 0.253 e. The number of hydrogen-bond donors (Lipinski definition) is 0. The summed E-state index contributed by atoms with van der Waals surface area (Å²) in [4.78, 5) is 17.2. The Morgan fingerprint density at radius 1 is 1.06 bits per heavy atom. The van der Waals surface area contributed by atoms with E-state index in [1.54, 1.807) is 19.2 Å². The molecule has 0 N–H and O–H groups in total. The van der Waals surface area contributed by atoms with Gasteiger partial charge in [-0.15, -0.1) is 0 Å². The van der Waals surface area contributed by atoms with Crippen molar-refractivity contribution < 1.29 is 17.9 Å². The molecule has 2 heterocycles. The van der Waals surface area contributed by atoms with Crippen molar-refractivity contribution >= 4 is 33.2 Å². The normalized spacial score (nSPS) is 17.0. The van der Waals surface area contributed by atoms with Gasteiger partial charge in [-0.1, -0.05) is 11.6 Å². The molecule has 1 fully saturated rings. The van der Waals surface area contributed by atoms with Crippen LogP contribution in [0, 0.1) is 0 Å². The van der Waals surface area contributed by atoms with E-state index in [0.717, 1.165) is 30.0 Å². The van der Waals surface area contributed by atoms with Crippen LogP contribution in [0.1, 0.15) is 21.5 Å².